The monoisotopic (exact) mass is 297 g/mol. The molecule has 0 amide bonds. The molecule has 21 heavy (non-hydrogen) atoms. The van der Waals surface area contributed by atoms with Crippen molar-refractivity contribution in [1.82, 2.24) is 4.90 Å². The molecule has 2 heterocycles. The topological polar surface area (TPSA) is 32.7 Å². The lowest BCUT2D eigenvalue weighted by molar-refractivity contribution is -0.0322. The van der Waals surface area contributed by atoms with Crippen LogP contribution in [0.5, 0.6) is 5.75 Å². The van der Waals surface area contributed by atoms with E-state index in [0.29, 0.717) is 12.8 Å². The zero-order chi connectivity index (χ0) is 15.0. The molecule has 2 bridgehead atoms. The van der Waals surface area contributed by atoms with E-state index in [4.69, 9.17) is 4.74 Å². The largest absolute Gasteiger partial charge is 0.494 e. The lowest BCUT2D eigenvalue weighted by Gasteiger charge is -2.47. The molecule has 0 spiro atoms. The van der Waals surface area contributed by atoms with Gasteiger partial charge in [0, 0.05) is 24.2 Å². The number of nitrogens with zero attached hydrogens (tertiary/aromatic N) is 1. The molecular formula is C16H21F2NO2. The second-order valence-electron chi connectivity index (χ2n) is 6.08. The molecule has 1 N–H and O–H groups in total. The SMILES string of the molecule is COc1ccc(F)c(CN2[C@@H]3CCC[C@H]2CC(O)C3)c1F. The Hall–Kier alpha value is -1.20. The van der Waals surface area contributed by atoms with Crippen LogP contribution in [0.2, 0.25) is 0 Å². The van der Waals surface area contributed by atoms with Crippen molar-refractivity contribution in [2.24, 2.45) is 0 Å². The molecule has 2 aliphatic rings. The molecule has 1 aromatic carbocycles. The zero-order valence-corrected chi connectivity index (χ0v) is 12.2. The maximum atomic E-state index is 14.3. The van der Waals surface area contributed by atoms with E-state index in [9.17, 15) is 13.9 Å². The van der Waals surface area contributed by atoms with Crippen molar-refractivity contribution in [3.63, 3.8) is 0 Å². The Balaban J connectivity index is 1.86. The third kappa shape index (κ3) is 2.77. The van der Waals surface area contributed by atoms with Crippen LogP contribution in [0, 0.1) is 11.6 Å². The number of fused-ring (bicyclic) bond motifs is 2. The molecule has 0 radical (unpaired) electrons. The van der Waals surface area contributed by atoms with Crippen molar-refractivity contribution in [2.45, 2.75) is 56.8 Å². The molecule has 3 nitrogen and oxygen atoms in total. The fourth-order valence-corrected chi connectivity index (χ4v) is 3.77. The molecule has 0 aromatic heterocycles. The number of methoxy groups -OCH3 is 1. The third-order valence-corrected chi connectivity index (χ3v) is 4.81. The maximum absolute atomic E-state index is 14.3. The minimum atomic E-state index is -0.610. The van der Waals surface area contributed by atoms with Gasteiger partial charge in [-0.15, -0.1) is 0 Å². The fraction of sp³-hybridized carbons (Fsp3) is 0.625. The predicted octanol–water partition coefficient (Wildman–Crippen LogP) is 2.85. The molecular weight excluding hydrogens is 276 g/mol. The van der Waals surface area contributed by atoms with E-state index in [1.54, 1.807) is 0 Å². The summed E-state index contributed by atoms with van der Waals surface area (Å²) in [5.74, 6) is -1.06. The van der Waals surface area contributed by atoms with Crippen LogP contribution in [-0.4, -0.2) is 35.3 Å². The highest BCUT2D eigenvalue weighted by atomic mass is 19.1. The Labute approximate surface area is 123 Å². The number of aliphatic hydroxyl groups excluding tert-OH is 1. The van der Waals surface area contributed by atoms with E-state index < -0.39 is 11.6 Å². The molecule has 0 saturated carbocycles. The minimum absolute atomic E-state index is 0.0719. The van der Waals surface area contributed by atoms with E-state index in [0.717, 1.165) is 19.3 Å². The summed E-state index contributed by atoms with van der Waals surface area (Å²) in [5, 5.41) is 9.90. The molecule has 3 atom stereocenters. The predicted molar refractivity (Wildman–Crippen MR) is 75.1 cm³/mol. The number of ether oxygens (including phenoxy) is 1. The number of aliphatic hydroxyl groups is 1. The summed E-state index contributed by atoms with van der Waals surface area (Å²) in [4.78, 5) is 2.16. The smallest absolute Gasteiger partial charge is 0.172 e. The molecule has 1 unspecified atom stereocenters. The van der Waals surface area contributed by atoms with Crippen molar-refractivity contribution in [3.05, 3.63) is 29.3 Å². The average Bonchev–Trinajstić information content (AvgIpc) is 2.44. The number of rotatable bonds is 3. The summed E-state index contributed by atoms with van der Waals surface area (Å²) < 4.78 is 33.2. The van der Waals surface area contributed by atoms with Crippen LogP contribution in [0.1, 0.15) is 37.7 Å². The third-order valence-electron chi connectivity index (χ3n) is 4.81. The maximum Gasteiger partial charge on any atom is 0.172 e. The Morgan fingerprint density at radius 3 is 2.52 bits per heavy atom. The molecule has 5 heteroatoms. The first kappa shape index (κ1) is 14.7. The second kappa shape index (κ2) is 5.89. The van der Waals surface area contributed by atoms with Crippen LogP contribution in [0.4, 0.5) is 8.78 Å². The summed E-state index contributed by atoms with van der Waals surface area (Å²) in [6.45, 7) is 0.247. The van der Waals surface area contributed by atoms with Gasteiger partial charge in [-0.05, 0) is 37.8 Å². The average molecular weight is 297 g/mol. The molecule has 2 aliphatic heterocycles. The number of benzene rings is 1. The Morgan fingerprint density at radius 2 is 1.90 bits per heavy atom. The van der Waals surface area contributed by atoms with Gasteiger partial charge in [0.25, 0.3) is 0 Å². The Bertz CT molecular complexity index is 509. The summed E-state index contributed by atoms with van der Waals surface area (Å²) in [5.41, 5.74) is 0.0719. The van der Waals surface area contributed by atoms with Gasteiger partial charge in [-0.3, -0.25) is 4.90 Å². The zero-order valence-electron chi connectivity index (χ0n) is 12.2. The van der Waals surface area contributed by atoms with Gasteiger partial charge in [0.1, 0.15) is 5.82 Å². The summed E-state index contributed by atoms with van der Waals surface area (Å²) in [6.07, 6.45) is 4.22. The standard InChI is InChI=1S/C16H21F2NO2/c1-21-15-6-5-14(17)13(16(15)18)9-19-10-3-2-4-11(19)8-12(20)7-10/h5-6,10-12,20H,2-4,7-9H2,1H3/t10-,11+,12?. The van der Waals surface area contributed by atoms with Crippen LogP contribution < -0.4 is 4.74 Å². The van der Waals surface area contributed by atoms with Crippen LogP contribution in [-0.2, 0) is 6.54 Å². The van der Waals surface area contributed by atoms with Crippen molar-refractivity contribution in [2.75, 3.05) is 7.11 Å². The fourth-order valence-electron chi connectivity index (χ4n) is 3.77. The lowest BCUT2D eigenvalue weighted by atomic mass is 9.82. The number of hydrogen-bond acceptors (Lipinski definition) is 3. The van der Waals surface area contributed by atoms with Gasteiger partial charge in [-0.25, -0.2) is 8.78 Å². The van der Waals surface area contributed by atoms with Crippen molar-refractivity contribution in [3.8, 4) is 5.75 Å². The summed E-state index contributed by atoms with van der Waals surface area (Å²) >= 11 is 0. The van der Waals surface area contributed by atoms with E-state index in [1.807, 2.05) is 0 Å². The highest BCUT2D eigenvalue weighted by molar-refractivity contribution is 5.32. The van der Waals surface area contributed by atoms with Gasteiger partial charge >= 0.3 is 0 Å². The van der Waals surface area contributed by atoms with Crippen molar-refractivity contribution >= 4 is 0 Å². The van der Waals surface area contributed by atoms with E-state index in [1.165, 1.54) is 19.2 Å². The normalized spacial score (nSPS) is 29.4. The van der Waals surface area contributed by atoms with Crippen LogP contribution in [0.15, 0.2) is 12.1 Å². The first-order valence-electron chi connectivity index (χ1n) is 7.54. The Kier molecular flexibility index (Phi) is 4.13. The van der Waals surface area contributed by atoms with E-state index in [-0.39, 0.29) is 36.0 Å². The number of hydrogen-bond donors (Lipinski definition) is 1. The van der Waals surface area contributed by atoms with E-state index >= 15 is 0 Å². The summed E-state index contributed by atoms with van der Waals surface area (Å²) in [7, 11) is 1.38. The molecule has 116 valence electrons. The van der Waals surface area contributed by atoms with Crippen LogP contribution in [0.3, 0.4) is 0 Å². The van der Waals surface area contributed by atoms with Crippen molar-refractivity contribution < 1.29 is 18.6 Å². The van der Waals surface area contributed by atoms with Crippen molar-refractivity contribution in [1.29, 1.82) is 0 Å². The van der Waals surface area contributed by atoms with Gasteiger partial charge < -0.3 is 9.84 Å². The van der Waals surface area contributed by atoms with Gasteiger partial charge in [0.2, 0.25) is 0 Å². The molecule has 2 fully saturated rings. The summed E-state index contributed by atoms with van der Waals surface area (Å²) in [6, 6.07) is 3.01. The molecule has 0 aliphatic carbocycles. The first-order chi connectivity index (χ1) is 10.1. The molecule has 1 aromatic rings. The quantitative estimate of drug-likeness (QED) is 0.931. The van der Waals surface area contributed by atoms with Crippen LogP contribution >= 0.6 is 0 Å². The van der Waals surface area contributed by atoms with E-state index in [2.05, 4.69) is 4.90 Å². The molecule has 2 saturated heterocycles. The van der Waals surface area contributed by atoms with Gasteiger partial charge in [0.15, 0.2) is 11.6 Å². The highest BCUT2D eigenvalue weighted by Crippen LogP contribution is 2.36. The lowest BCUT2D eigenvalue weighted by Crippen LogP contribution is -2.53. The van der Waals surface area contributed by atoms with Crippen LogP contribution in [0.25, 0.3) is 0 Å². The van der Waals surface area contributed by atoms with Gasteiger partial charge in [0.05, 0.1) is 13.2 Å². The number of halogens is 2. The van der Waals surface area contributed by atoms with Gasteiger partial charge in [-0.1, -0.05) is 6.42 Å². The minimum Gasteiger partial charge on any atom is -0.494 e. The first-order valence-corrected chi connectivity index (χ1v) is 7.54. The van der Waals surface area contributed by atoms with Gasteiger partial charge in [-0.2, -0.15) is 0 Å². The highest BCUT2D eigenvalue weighted by Gasteiger charge is 2.38. The number of piperidine rings is 2. The Morgan fingerprint density at radius 1 is 1.24 bits per heavy atom. The second-order valence-corrected chi connectivity index (χ2v) is 6.08. The molecule has 3 rings (SSSR count).